The maximum absolute atomic E-state index is 12.9. The minimum Gasteiger partial charge on any atom is -0.378 e. The Balaban J connectivity index is 1.64. The molecule has 3 rings (SSSR count). The number of carbonyl (C=O) groups excluding carboxylic acids is 1. The van der Waals surface area contributed by atoms with Crippen molar-refractivity contribution >= 4 is 17.5 Å². The fraction of sp³-hybridized carbons (Fsp3) is 0.444. The highest BCUT2D eigenvalue weighted by Gasteiger charge is 2.26. The topological polar surface area (TPSA) is 84.2 Å². The van der Waals surface area contributed by atoms with Crippen LogP contribution in [0.1, 0.15) is 29.6 Å². The number of likely N-dealkylation sites (tertiary alicyclic amines) is 1. The zero-order valence-corrected chi connectivity index (χ0v) is 14.8. The van der Waals surface area contributed by atoms with Gasteiger partial charge in [0.15, 0.2) is 0 Å². The van der Waals surface area contributed by atoms with Crippen molar-refractivity contribution in [1.29, 1.82) is 0 Å². The van der Waals surface area contributed by atoms with Crippen molar-refractivity contribution in [3.8, 4) is 11.3 Å². The molecular formula is C18H23ClN4O2. The van der Waals surface area contributed by atoms with Crippen molar-refractivity contribution in [3.05, 3.63) is 41.0 Å². The summed E-state index contributed by atoms with van der Waals surface area (Å²) < 4.78 is 5.80. The molecule has 7 heteroatoms. The van der Waals surface area contributed by atoms with Crippen molar-refractivity contribution < 1.29 is 9.53 Å². The quantitative estimate of drug-likeness (QED) is 0.774. The fourth-order valence-electron chi connectivity index (χ4n) is 3.04. The first-order valence-corrected chi connectivity index (χ1v) is 8.97. The molecule has 0 radical (unpaired) electrons. The SMILES string of the molecule is NCCCOC1CCN(C(=O)c2cn[nH]c2-c2cccc(Cl)c2)CC1. The van der Waals surface area contributed by atoms with Gasteiger partial charge < -0.3 is 15.4 Å². The Morgan fingerprint density at radius 2 is 2.20 bits per heavy atom. The molecule has 25 heavy (non-hydrogen) atoms. The van der Waals surface area contributed by atoms with Gasteiger partial charge in [0.1, 0.15) is 0 Å². The highest BCUT2D eigenvalue weighted by Crippen LogP contribution is 2.26. The van der Waals surface area contributed by atoms with Crippen molar-refractivity contribution in [2.45, 2.75) is 25.4 Å². The van der Waals surface area contributed by atoms with Gasteiger partial charge >= 0.3 is 0 Å². The van der Waals surface area contributed by atoms with Crippen LogP contribution in [0.3, 0.4) is 0 Å². The summed E-state index contributed by atoms with van der Waals surface area (Å²) in [6.45, 7) is 2.71. The Labute approximate surface area is 152 Å². The van der Waals surface area contributed by atoms with Crippen LogP contribution in [0.15, 0.2) is 30.5 Å². The van der Waals surface area contributed by atoms with E-state index in [1.54, 1.807) is 12.3 Å². The molecule has 0 bridgehead atoms. The van der Waals surface area contributed by atoms with E-state index >= 15 is 0 Å². The van der Waals surface area contributed by atoms with Crippen molar-refractivity contribution in [3.63, 3.8) is 0 Å². The molecule has 0 saturated carbocycles. The number of aromatic amines is 1. The summed E-state index contributed by atoms with van der Waals surface area (Å²) in [5.74, 6) is -0.0101. The summed E-state index contributed by atoms with van der Waals surface area (Å²) in [5, 5.41) is 7.60. The molecule has 0 aliphatic carbocycles. The maximum Gasteiger partial charge on any atom is 0.257 e. The van der Waals surface area contributed by atoms with Gasteiger partial charge in [-0.05, 0) is 37.9 Å². The molecule has 6 nitrogen and oxygen atoms in total. The maximum atomic E-state index is 12.9. The van der Waals surface area contributed by atoms with Gasteiger partial charge in [-0.15, -0.1) is 0 Å². The lowest BCUT2D eigenvalue weighted by atomic mass is 10.0. The molecule has 0 spiro atoms. The molecule has 1 fully saturated rings. The molecule has 2 heterocycles. The minimum absolute atomic E-state index is 0.0101. The van der Waals surface area contributed by atoms with Crippen LogP contribution in [0.2, 0.25) is 5.02 Å². The van der Waals surface area contributed by atoms with E-state index < -0.39 is 0 Å². The Morgan fingerprint density at radius 1 is 1.40 bits per heavy atom. The van der Waals surface area contributed by atoms with E-state index in [0.717, 1.165) is 24.8 Å². The highest BCUT2D eigenvalue weighted by molar-refractivity contribution is 6.30. The zero-order valence-electron chi connectivity index (χ0n) is 14.1. The van der Waals surface area contributed by atoms with E-state index in [2.05, 4.69) is 10.2 Å². The van der Waals surface area contributed by atoms with E-state index in [4.69, 9.17) is 22.1 Å². The number of nitrogens with one attached hydrogen (secondary N) is 1. The number of piperidine rings is 1. The van der Waals surface area contributed by atoms with Crippen molar-refractivity contribution in [2.75, 3.05) is 26.2 Å². The average Bonchev–Trinajstić information content (AvgIpc) is 3.12. The number of H-pyrrole nitrogens is 1. The molecule has 2 aromatic rings. The summed E-state index contributed by atoms with van der Waals surface area (Å²) >= 11 is 6.06. The first-order chi connectivity index (χ1) is 12.2. The van der Waals surface area contributed by atoms with Gasteiger partial charge in [0, 0.05) is 30.3 Å². The molecular weight excluding hydrogens is 340 g/mol. The number of amides is 1. The van der Waals surface area contributed by atoms with Gasteiger partial charge in [0.05, 0.1) is 23.6 Å². The summed E-state index contributed by atoms with van der Waals surface area (Å²) in [4.78, 5) is 14.7. The Kier molecular flexibility index (Phi) is 6.07. The van der Waals surface area contributed by atoms with Gasteiger partial charge in [0.25, 0.3) is 5.91 Å². The van der Waals surface area contributed by atoms with E-state index in [9.17, 15) is 4.79 Å². The molecule has 0 atom stereocenters. The van der Waals surface area contributed by atoms with E-state index in [-0.39, 0.29) is 12.0 Å². The summed E-state index contributed by atoms with van der Waals surface area (Å²) in [7, 11) is 0. The predicted octanol–water partition coefficient (Wildman–Crippen LogP) is 2.70. The van der Waals surface area contributed by atoms with Crippen LogP contribution in [0.5, 0.6) is 0 Å². The number of nitrogens with two attached hydrogens (primary N) is 1. The molecule has 1 aliphatic heterocycles. The third-order valence-electron chi connectivity index (χ3n) is 4.41. The minimum atomic E-state index is -0.0101. The zero-order chi connectivity index (χ0) is 17.6. The molecule has 134 valence electrons. The van der Waals surface area contributed by atoms with Crippen molar-refractivity contribution in [2.24, 2.45) is 5.73 Å². The van der Waals surface area contributed by atoms with Crippen LogP contribution in [0.4, 0.5) is 0 Å². The standard InChI is InChI=1S/C18H23ClN4O2/c19-14-4-1-3-13(11-14)17-16(12-21-22-17)18(24)23-8-5-15(6-9-23)25-10-2-7-20/h1,3-4,11-12,15H,2,5-10,20H2,(H,21,22). The van der Waals surface area contributed by atoms with Crippen LogP contribution < -0.4 is 5.73 Å². The summed E-state index contributed by atoms with van der Waals surface area (Å²) in [5.41, 5.74) is 7.61. The molecule has 0 unspecified atom stereocenters. The molecule has 3 N–H and O–H groups in total. The smallest absolute Gasteiger partial charge is 0.257 e. The van der Waals surface area contributed by atoms with Crippen LogP contribution in [-0.2, 0) is 4.74 Å². The second-order valence-electron chi connectivity index (χ2n) is 6.17. The van der Waals surface area contributed by atoms with Gasteiger partial charge in [-0.2, -0.15) is 5.10 Å². The number of benzene rings is 1. The number of hydrogen-bond acceptors (Lipinski definition) is 4. The average molecular weight is 363 g/mol. The number of nitrogens with zero attached hydrogens (tertiary/aromatic N) is 2. The number of hydrogen-bond donors (Lipinski definition) is 2. The number of halogens is 1. The molecule has 1 aromatic carbocycles. The second-order valence-corrected chi connectivity index (χ2v) is 6.61. The molecule has 1 aliphatic rings. The summed E-state index contributed by atoms with van der Waals surface area (Å²) in [6.07, 6.45) is 4.37. The lowest BCUT2D eigenvalue weighted by molar-refractivity contribution is 0.00847. The lowest BCUT2D eigenvalue weighted by Crippen LogP contribution is -2.41. The number of carbonyl (C=O) groups is 1. The molecule has 1 saturated heterocycles. The molecule has 1 amide bonds. The third kappa shape index (κ3) is 4.39. The van der Waals surface area contributed by atoms with Gasteiger partial charge in [0.2, 0.25) is 0 Å². The first-order valence-electron chi connectivity index (χ1n) is 8.59. The third-order valence-corrected chi connectivity index (χ3v) is 4.65. The van der Waals surface area contributed by atoms with Crippen LogP contribution in [0.25, 0.3) is 11.3 Å². The van der Waals surface area contributed by atoms with Gasteiger partial charge in [-0.1, -0.05) is 23.7 Å². The van der Waals surface area contributed by atoms with Crippen LogP contribution >= 0.6 is 11.6 Å². The van der Waals surface area contributed by atoms with Gasteiger partial charge in [-0.25, -0.2) is 0 Å². The second kappa shape index (κ2) is 8.47. The Hall–Kier alpha value is -1.89. The largest absolute Gasteiger partial charge is 0.378 e. The van der Waals surface area contributed by atoms with Gasteiger partial charge in [-0.3, -0.25) is 9.89 Å². The predicted molar refractivity (Wildman–Crippen MR) is 97.6 cm³/mol. The first kappa shape index (κ1) is 17.9. The van der Waals surface area contributed by atoms with Crippen LogP contribution in [0, 0.1) is 0 Å². The number of rotatable bonds is 6. The van der Waals surface area contributed by atoms with Crippen LogP contribution in [-0.4, -0.2) is 53.3 Å². The fourth-order valence-corrected chi connectivity index (χ4v) is 3.23. The normalized spacial score (nSPS) is 15.5. The Bertz CT molecular complexity index is 711. The summed E-state index contributed by atoms with van der Waals surface area (Å²) in [6, 6.07) is 7.40. The van der Waals surface area contributed by atoms with E-state index in [0.29, 0.717) is 42.5 Å². The monoisotopic (exact) mass is 362 g/mol. The number of aromatic nitrogens is 2. The van der Waals surface area contributed by atoms with E-state index in [1.807, 2.05) is 23.1 Å². The molecule has 1 aromatic heterocycles. The van der Waals surface area contributed by atoms with E-state index in [1.165, 1.54) is 0 Å². The van der Waals surface area contributed by atoms with Crippen molar-refractivity contribution in [1.82, 2.24) is 15.1 Å². The lowest BCUT2D eigenvalue weighted by Gasteiger charge is -2.32. The highest BCUT2D eigenvalue weighted by atomic mass is 35.5. The Morgan fingerprint density at radius 3 is 2.92 bits per heavy atom. The number of ether oxygens (including phenoxy) is 1.